The molecular weight excluding hydrogens is 330 g/mol. The number of nitrogens with zero attached hydrogens (tertiary/aromatic N) is 2. The minimum atomic E-state index is 0.288. The van der Waals surface area contributed by atoms with Crippen LogP contribution >= 0.6 is 11.8 Å². The number of hydrogen-bond donors (Lipinski definition) is 1. The van der Waals surface area contributed by atoms with E-state index in [0.717, 1.165) is 36.3 Å². The molecule has 2 aliphatic rings. The summed E-state index contributed by atoms with van der Waals surface area (Å²) in [6.07, 6.45) is 6.24. The Hall–Kier alpha value is -1.46. The van der Waals surface area contributed by atoms with Gasteiger partial charge in [-0.3, -0.25) is 4.79 Å². The van der Waals surface area contributed by atoms with E-state index in [2.05, 4.69) is 26.9 Å². The van der Waals surface area contributed by atoms with Crippen molar-refractivity contribution in [1.29, 1.82) is 0 Å². The number of thioether (sulfide) groups is 1. The molecule has 0 bridgehead atoms. The van der Waals surface area contributed by atoms with Gasteiger partial charge >= 0.3 is 0 Å². The lowest BCUT2D eigenvalue weighted by Crippen LogP contribution is -2.48. The largest absolute Gasteiger partial charge is 0.361 e. The summed E-state index contributed by atoms with van der Waals surface area (Å²) in [6, 6.07) is 8.62. The van der Waals surface area contributed by atoms with E-state index in [-0.39, 0.29) is 5.91 Å². The van der Waals surface area contributed by atoms with Crippen LogP contribution in [0, 0.1) is 0 Å². The van der Waals surface area contributed by atoms with Gasteiger partial charge in [0.25, 0.3) is 0 Å². The Morgan fingerprint density at radius 2 is 2.00 bits per heavy atom. The number of carbonyl (C=O) groups is 1. The summed E-state index contributed by atoms with van der Waals surface area (Å²) < 4.78 is 0. The zero-order valence-corrected chi connectivity index (χ0v) is 15.6. The number of carbonyl (C=O) groups excluding carboxylic acids is 1. The smallest absolute Gasteiger partial charge is 0.227 e. The Kier molecular flexibility index (Phi) is 5.32. The van der Waals surface area contributed by atoms with Crippen LogP contribution in [0.4, 0.5) is 0 Å². The van der Waals surface area contributed by atoms with Gasteiger partial charge in [0.2, 0.25) is 5.91 Å². The first-order valence-corrected chi connectivity index (χ1v) is 10.6. The highest BCUT2D eigenvalue weighted by Crippen LogP contribution is 2.23. The minimum Gasteiger partial charge on any atom is -0.361 e. The van der Waals surface area contributed by atoms with E-state index in [4.69, 9.17) is 0 Å². The lowest BCUT2D eigenvalue weighted by atomic mass is 10.1. The molecule has 2 aliphatic heterocycles. The van der Waals surface area contributed by atoms with E-state index >= 15 is 0 Å². The molecular formula is C20H27N3OS. The van der Waals surface area contributed by atoms with Crippen LogP contribution in [0.2, 0.25) is 0 Å². The van der Waals surface area contributed by atoms with E-state index in [0.29, 0.717) is 12.5 Å². The molecule has 4 nitrogen and oxygen atoms in total. The molecule has 1 atom stereocenters. The molecule has 2 aromatic rings. The molecule has 2 fully saturated rings. The molecule has 0 radical (unpaired) electrons. The van der Waals surface area contributed by atoms with Gasteiger partial charge in [0.1, 0.15) is 0 Å². The van der Waals surface area contributed by atoms with Crippen LogP contribution < -0.4 is 0 Å². The fourth-order valence-electron chi connectivity index (χ4n) is 4.11. The van der Waals surface area contributed by atoms with Crippen LogP contribution in [0.5, 0.6) is 0 Å². The zero-order chi connectivity index (χ0) is 17.1. The Balaban J connectivity index is 1.49. The number of aromatic amines is 1. The second-order valence-electron chi connectivity index (χ2n) is 7.21. The highest BCUT2D eigenvalue weighted by molar-refractivity contribution is 7.99. The predicted octanol–water partition coefficient (Wildman–Crippen LogP) is 3.14. The van der Waals surface area contributed by atoms with Crippen molar-refractivity contribution in [3.8, 4) is 0 Å². The molecule has 2 saturated heterocycles. The van der Waals surface area contributed by atoms with Crippen molar-refractivity contribution in [2.24, 2.45) is 0 Å². The van der Waals surface area contributed by atoms with Crippen LogP contribution in [0.1, 0.15) is 24.8 Å². The van der Waals surface area contributed by atoms with E-state index < -0.39 is 0 Å². The number of aromatic nitrogens is 1. The van der Waals surface area contributed by atoms with Gasteiger partial charge in [-0.1, -0.05) is 18.2 Å². The minimum absolute atomic E-state index is 0.288. The maximum Gasteiger partial charge on any atom is 0.227 e. The number of likely N-dealkylation sites (tertiary alicyclic amines) is 1. The molecule has 0 aliphatic carbocycles. The summed E-state index contributed by atoms with van der Waals surface area (Å²) >= 11 is 2.01. The lowest BCUT2D eigenvalue weighted by molar-refractivity contribution is -0.132. The van der Waals surface area contributed by atoms with Gasteiger partial charge in [0.15, 0.2) is 0 Å². The molecule has 5 heteroatoms. The second-order valence-corrected chi connectivity index (χ2v) is 8.36. The number of H-pyrrole nitrogens is 1. The Bertz CT molecular complexity index is 723. The molecule has 1 aromatic carbocycles. The average molecular weight is 358 g/mol. The Labute approximate surface area is 153 Å². The molecule has 0 spiro atoms. The van der Waals surface area contributed by atoms with Gasteiger partial charge in [0.05, 0.1) is 12.5 Å². The molecule has 1 unspecified atom stereocenters. The number of amides is 1. The summed E-state index contributed by atoms with van der Waals surface area (Å²) in [5.74, 6) is 2.54. The van der Waals surface area contributed by atoms with Crippen LogP contribution in [-0.2, 0) is 11.2 Å². The number of benzene rings is 1. The topological polar surface area (TPSA) is 39.3 Å². The van der Waals surface area contributed by atoms with Crippen LogP contribution in [0.3, 0.4) is 0 Å². The van der Waals surface area contributed by atoms with E-state index in [1.54, 1.807) is 0 Å². The highest BCUT2D eigenvalue weighted by Gasteiger charge is 2.28. The van der Waals surface area contributed by atoms with Crippen LogP contribution in [-0.4, -0.2) is 64.4 Å². The zero-order valence-electron chi connectivity index (χ0n) is 14.7. The molecule has 1 N–H and O–H groups in total. The van der Waals surface area contributed by atoms with Crippen molar-refractivity contribution >= 4 is 28.6 Å². The summed E-state index contributed by atoms with van der Waals surface area (Å²) in [7, 11) is 0. The summed E-state index contributed by atoms with van der Waals surface area (Å²) in [4.78, 5) is 21.2. The van der Waals surface area contributed by atoms with Crippen LogP contribution in [0.25, 0.3) is 10.9 Å². The first-order valence-electron chi connectivity index (χ1n) is 9.46. The summed E-state index contributed by atoms with van der Waals surface area (Å²) in [5, 5.41) is 1.18. The molecule has 0 saturated carbocycles. The third-order valence-electron chi connectivity index (χ3n) is 5.44. The number of rotatable bonds is 4. The third-order valence-corrected chi connectivity index (χ3v) is 6.64. The van der Waals surface area contributed by atoms with Gasteiger partial charge in [-0.25, -0.2) is 0 Å². The highest BCUT2D eigenvalue weighted by atomic mass is 32.2. The molecule has 4 rings (SSSR count). The van der Waals surface area contributed by atoms with Crippen molar-refractivity contribution in [2.45, 2.75) is 31.7 Å². The molecule has 1 amide bonds. The Morgan fingerprint density at radius 1 is 1.16 bits per heavy atom. The van der Waals surface area contributed by atoms with Crippen molar-refractivity contribution in [2.75, 3.05) is 37.7 Å². The Morgan fingerprint density at radius 3 is 2.88 bits per heavy atom. The first-order chi connectivity index (χ1) is 12.3. The monoisotopic (exact) mass is 357 g/mol. The maximum atomic E-state index is 13.1. The van der Waals surface area contributed by atoms with Gasteiger partial charge in [-0.15, -0.1) is 0 Å². The average Bonchev–Trinajstić information content (AvgIpc) is 3.21. The quantitative estimate of drug-likeness (QED) is 0.914. The van der Waals surface area contributed by atoms with Gasteiger partial charge < -0.3 is 14.8 Å². The third kappa shape index (κ3) is 3.87. The van der Waals surface area contributed by atoms with Crippen molar-refractivity contribution in [1.82, 2.24) is 14.8 Å². The number of para-hydroxylation sites is 1. The van der Waals surface area contributed by atoms with Crippen molar-refractivity contribution < 1.29 is 4.79 Å². The van der Waals surface area contributed by atoms with Crippen molar-refractivity contribution in [3.05, 3.63) is 36.0 Å². The normalized spacial score (nSPS) is 22.4. The van der Waals surface area contributed by atoms with E-state index in [9.17, 15) is 4.79 Å². The predicted molar refractivity (Wildman–Crippen MR) is 105 cm³/mol. The van der Waals surface area contributed by atoms with Gasteiger partial charge in [-0.05, 0) is 49.7 Å². The lowest BCUT2D eigenvalue weighted by Gasteiger charge is -2.32. The van der Waals surface area contributed by atoms with Crippen molar-refractivity contribution in [3.63, 3.8) is 0 Å². The summed E-state index contributed by atoms with van der Waals surface area (Å²) in [6.45, 7) is 4.36. The fourth-order valence-corrected chi connectivity index (χ4v) is 5.17. The first kappa shape index (κ1) is 17.0. The molecule has 25 heavy (non-hydrogen) atoms. The van der Waals surface area contributed by atoms with E-state index in [1.165, 1.54) is 37.1 Å². The SMILES string of the molecule is O=C(Cc1c[nH]c2ccccc12)N1CCCSCC1CN1CCCC1. The standard InChI is InChI=1S/C20H27N3OS/c24-20(12-16-13-21-19-7-2-1-6-18(16)19)23-10-5-11-25-15-17(23)14-22-8-3-4-9-22/h1-2,6-7,13,17,21H,3-5,8-12,14-15H2. The van der Waals surface area contributed by atoms with Gasteiger partial charge in [-0.2, -0.15) is 11.8 Å². The van der Waals surface area contributed by atoms with E-state index in [1.807, 2.05) is 30.1 Å². The maximum absolute atomic E-state index is 13.1. The number of hydrogen-bond acceptors (Lipinski definition) is 3. The molecule has 3 heterocycles. The fraction of sp³-hybridized carbons (Fsp3) is 0.550. The number of nitrogens with one attached hydrogen (secondary N) is 1. The van der Waals surface area contributed by atoms with Gasteiger partial charge in [0, 0.05) is 35.9 Å². The molecule has 134 valence electrons. The van der Waals surface area contributed by atoms with Crippen LogP contribution in [0.15, 0.2) is 30.5 Å². The molecule has 1 aromatic heterocycles. The second kappa shape index (κ2) is 7.83. The summed E-state index contributed by atoms with van der Waals surface area (Å²) in [5.41, 5.74) is 2.24. The number of fused-ring (bicyclic) bond motifs is 1.